The van der Waals surface area contributed by atoms with E-state index < -0.39 is 0 Å². The highest BCUT2D eigenvalue weighted by molar-refractivity contribution is 14.0. The summed E-state index contributed by atoms with van der Waals surface area (Å²) in [7, 11) is 0. The molecule has 0 atom stereocenters. The smallest absolute Gasteiger partial charge is 0.00772 e. The Morgan fingerprint density at radius 3 is 1.12 bits per heavy atom. The normalized spacial score (nSPS) is 18.0. The molecule has 0 unspecified atom stereocenters. The molecule has 52 valence electrons. The van der Waals surface area contributed by atoms with E-state index in [0.717, 1.165) is 26.2 Å². The van der Waals surface area contributed by atoms with Gasteiger partial charge in [0.05, 0.1) is 0 Å². The SMILES string of the molecule is C1CNCCN1.I.S. The van der Waals surface area contributed by atoms with E-state index in [0.29, 0.717) is 0 Å². The van der Waals surface area contributed by atoms with Crippen molar-refractivity contribution in [2.24, 2.45) is 0 Å². The minimum atomic E-state index is 0. The van der Waals surface area contributed by atoms with E-state index in [-0.39, 0.29) is 37.5 Å². The van der Waals surface area contributed by atoms with Crippen LogP contribution in [0.2, 0.25) is 0 Å². The third-order valence-corrected chi connectivity index (χ3v) is 0.957. The van der Waals surface area contributed by atoms with E-state index in [4.69, 9.17) is 0 Å². The monoisotopic (exact) mass is 248 g/mol. The van der Waals surface area contributed by atoms with Gasteiger partial charge in [-0.15, -0.1) is 24.0 Å². The van der Waals surface area contributed by atoms with Gasteiger partial charge >= 0.3 is 0 Å². The van der Waals surface area contributed by atoms with Gasteiger partial charge in [-0.25, -0.2) is 0 Å². The summed E-state index contributed by atoms with van der Waals surface area (Å²) >= 11 is 0. The average Bonchev–Trinajstić information content (AvgIpc) is 1.72. The molecule has 0 bridgehead atoms. The van der Waals surface area contributed by atoms with E-state index in [9.17, 15) is 0 Å². The molecule has 8 heavy (non-hydrogen) atoms. The Kier molecular flexibility index (Phi) is 11.8. The molecule has 0 aromatic heterocycles. The number of hydrogen-bond donors (Lipinski definition) is 2. The van der Waals surface area contributed by atoms with Crippen molar-refractivity contribution in [3.8, 4) is 0 Å². The second-order valence-electron chi connectivity index (χ2n) is 1.50. The fourth-order valence-electron chi connectivity index (χ4n) is 0.604. The summed E-state index contributed by atoms with van der Waals surface area (Å²) in [6.07, 6.45) is 0. The largest absolute Gasteiger partial charge is 0.314 e. The molecule has 0 radical (unpaired) electrons. The fourth-order valence-corrected chi connectivity index (χ4v) is 0.604. The summed E-state index contributed by atoms with van der Waals surface area (Å²) in [5, 5.41) is 6.44. The van der Waals surface area contributed by atoms with Gasteiger partial charge in [0, 0.05) is 26.2 Å². The highest BCUT2D eigenvalue weighted by Crippen LogP contribution is 1.65. The first-order chi connectivity index (χ1) is 3.00. The maximum atomic E-state index is 3.22. The van der Waals surface area contributed by atoms with Crippen molar-refractivity contribution in [2.45, 2.75) is 0 Å². The van der Waals surface area contributed by atoms with Crippen LogP contribution in [0.3, 0.4) is 0 Å². The Bertz CT molecular complexity index is 29.5. The molecule has 2 N–H and O–H groups in total. The van der Waals surface area contributed by atoms with Crippen LogP contribution in [0.15, 0.2) is 0 Å². The van der Waals surface area contributed by atoms with Crippen molar-refractivity contribution in [2.75, 3.05) is 26.2 Å². The molecule has 2 nitrogen and oxygen atoms in total. The van der Waals surface area contributed by atoms with Crippen molar-refractivity contribution >= 4 is 37.5 Å². The summed E-state index contributed by atoms with van der Waals surface area (Å²) in [4.78, 5) is 0. The molecule has 1 saturated heterocycles. The zero-order chi connectivity index (χ0) is 4.24. The Labute approximate surface area is 74.3 Å². The number of rotatable bonds is 0. The van der Waals surface area contributed by atoms with Crippen LogP contribution in [0.25, 0.3) is 0 Å². The summed E-state index contributed by atoms with van der Waals surface area (Å²) in [6.45, 7) is 4.56. The quantitative estimate of drug-likeness (QED) is 0.585. The highest BCUT2D eigenvalue weighted by atomic mass is 127. The van der Waals surface area contributed by atoms with Crippen LogP contribution in [0.5, 0.6) is 0 Å². The molecule has 0 amide bonds. The third-order valence-electron chi connectivity index (χ3n) is 0.957. The zero-order valence-electron chi connectivity index (χ0n) is 4.74. The van der Waals surface area contributed by atoms with Gasteiger partial charge in [0.2, 0.25) is 0 Å². The minimum absolute atomic E-state index is 0. The highest BCUT2D eigenvalue weighted by Gasteiger charge is 1.91. The lowest BCUT2D eigenvalue weighted by atomic mass is 10.4. The van der Waals surface area contributed by atoms with Crippen LogP contribution in [-0.4, -0.2) is 26.2 Å². The molecule has 0 aromatic carbocycles. The Balaban J connectivity index is 0. The van der Waals surface area contributed by atoms with Gasteiger partial charge in [-0.05, 0) is 0 Å². The van der Waals surface area contributed by atoms with Crippen LogP contribution in [-0.2, 0) is 0 Å². The van der Waals surface area contributed by atoms with Gasteiger partial charge in [0.1, 0.15) is 0 Å². The van der Waals surface area contributed by atoms with E-state index in [1.54, 1.807) is 0 Å². The van der Waals surface area contributed by atoms with Crippen LogP contribution >= 0.6 is 37.5 Å². The third kappa shape index (κ3) is 5.14. The Morgan fingerprint density at radius 1 is 0.750 bits per heavy atom. The van der Waals surface area contributed by atoms with Crippen molar-refractivity contribution < 1.29 is 0 Å². The van der Waals surface area contributed by atoms with Crippen LogP contribution < -0.4 is 10.6 Å². The molecule has 1 fully saturated rings. The summed E-state index contributed by atoms with van der Waals surface area (Å²) in [5.74, 6) is 0. The molecule has 4 heteroatoms. The number of nitrogens with one attached hydrogen (secondary N) is 2. The van der Waals surface area contributed by atoms with E-state index >= 15 is 0 Å². The molecule has 1 aliphatic rings. The predicted molar refractivity (Wildman–Crippen MR) is 51.5 cm³/mol. The molecule has 0 aromatic rings. The topological polar surface area (TPSA) is 24.1 Å². The first kappa shape index (κ1) is 11.8. The van der Waals surface area contributed by atoms with Crippen LogP contribution in [0.4, 0.5) is 0 Å². The van der Waals surface area contributed by atoms with Crippen molar-refractivity contribution in [1.29, 1.82) is 0 Å². The summed E-state index contributed by atoms with van der Waals surface area (Å²) in [6, 6.07) is 0. The first-order valence-electron chi connectivity index (χ1n) is 2.41. The van der Waals surface area contributed by atoms with Gasteiger partial charge in [-0.1, -0.05) is 0 Å². The predicted octanol–water partition coefficient (Wildman–Crippen LogP) is -0.0900. The molecule has 0 spiro atoms. The average molecular weight is 248 g/mol. The summed E-state index contributed by atoms with van der Waals surface area (Å²) in [5.41, 5.74) is 0. The molecular formula is C4H13IN2S. The molecular weight excluding hydrogens is 235 g/mol. The second-order valence-corrected chi connectivity index (χ2v) is 1.50. The standard InChI is InChI=1S/C4H10N2.HI.H2S/c1-2-6-4-3-5-1;;/h5-6H,1-4H2;1H;1H2. The Morgan fingerprint density at radius 2 is 1.00 bits per heavy atom. The number of hydrogen-bond acceptors (Lipinski definition) is 2. The first-order valence-corrected chi connectivity index (χ1v) is 2.41. The van der Waals surface area contributed by atoms with Gasteiger partial charge in [-0.2, -0.15) is 13.5 Å². The maximum Gasteiger partial charge on any atom is 0.00772 e. The molecule has 1 heterocycles. The van der Waals surface area contributed by atoms with Gasteiger partial charge < -0.3 is 10.6 Å². The molecule has 1 aliphatic heterocycles. The van der Waals surface area contributed by atoms with E-state index in [2.05, 4.69) is 10.6 Å². The van der Waals surface area contributed by atoms with Crippen molar-refractivity contribution in [3.63, 3.8) is 0 Å². The van der Waals surface area contributed by atoms with E-state index in [1.165, 1.54) is 0 Å². The lowest BCUT2D eigenvalue weighted by Gasteiger charge is -2.11. The maximum absolute atomic E-state index is 3.22. The molecule has 1 rings (SSSR count). The van der Waals surface area contributed by atoms with Gasteiger partial charge in [0.15, 0.2) is 0 Å². The number of halogens is 1. The van der Waals surface area contributed by atoms with Gasteiger partial charge in [0.25, 0.3) is 0 Å². The van der Waals surface area contributed by atoms with Crippen LogP contribution in [0.1, 0.15) is 0 Å². The van der Waals surface area contributed by atoms with Crippen LogP contribution in [0, 0.1) is 0 Å². The van der Waals surface area contributed by atoms with Gasteiger partial charge in [-0.3, -0.25) is 0 Å². The molecule has 0 saturated carbocycles. The summed E-state index contributed by atoms with van der Waals surface area (Å²) < 4.78 is 0. The zero-order valence-corrected chi connectivity index (χ0v) is 8.07. The van der Waals surface area contributed by atoms with Crippen molar-refractivity contribution in [1.82, 2.24) is 10.6 Å². The van der Waals surface area contributed by atoms with Crippen molar-refractivity contribution in [3.05, 3.63) is 0 Å². The van der Waals surface area contributed by atoms with E-state index in [1.807, 2.05) is 0 Å². The lowest BCUT2D eigenvalue weighted by molar-refractivity contribution is 0.534. The minimum Gasteiger partial charge on any atom is -0.314 e. The molecule has 0 aliphatic carbocycles. The fraction of sp³-hybridized carbons (Fsp3) is 1.00. The number of piperazine rings is 1. The lowest BCUT2D eigenvalue weighted by Crippen LogP contribution is -2.39. The Hall–Kier alpha value is 1.00. The second kappa shape index (κ2) is 8.00.